The third-order valence-electron chi connectivity index (χ3n) is 11.5. The highest BCUT2D eigenvalue weighted by Crippen LogP contribution is 2.17. The Morgan fingerprint density at radius 3 is 1.36 bits per heavy atom. The number of hydrogen-bond acceptors (Lipinski definition) is 7. The van der Waals surface area contributed by atoms with E-state index >= 15 is 0 Å². The minimum Gasteiger partial charge on any atom is -0.544 e. The average Bonchev–Trinajstić information content (AvgIpc) is 3.22. The van der Waals surface area contributed by atoms with Crippen molar-refractivity contribution < 1.29 is 38.2 Å². The van der Waals surface area contributed by atoms with Crippen LogP contribution in [-0.4, -0.2) is 75.5 Å². The number of carbonyl (C=O) groups excluding carboxylic acids is 3. The van der Waals surface area contributed by atoms with Crippen molar-refractivity contribution in [2.75, 3.05) is 41.0 Å². The Labute approximate surface area is 376 Å². The van der Waals surface area contributed by atoms with Crippen LogP contribution in [0.25, 0.3) is 0 Å². The molecule has 0 radical (unpaired) electrons. The molecule has 0 N–H and O–H groups in total. The van der Waals surface area contributed by atoms with Gasteiger partial charge in [0, 0.05) is 19.3 Å². The molecule has 0 aliphatic heterocycles. The van der Waals surface area contributed by atoms with Crippen LogP contribution >= 0.6 is 0 Å². The number of aliphatic carboxylic acids is 1. The number of ether oxygens (including phenoxy) is 3. The summed E-state index contributed by atoms with van der Waals surface area (Å²) in [7, 11) is 5.41. The van der Waals surface area contributed by atoms with Gasteiger partial charge in [-0.15, -0.1) is 0 Å². The van der Waals surface area contributed by atoms with Gasteiger partial charge < -0.3 is 28.6 Å². The molecule has 0 fully saturated rings. The summed E-state index contributed by atoms with van der Waals surface area (Å²) >= 11 is 0. The van der Waals surface area contributed by atoms with E-state index in [1.807, 2.05) is 0 Å². The van der Waals surface area contributed by atoms with Gasteiger partial charge in [0.15, 0.2) is 6.10 Å². The second-order valence-electron chi connectivity index (χ2n) is 18.4. The number of nitrogens with zero attached hydrogens (tertiary/aromatic N) is 1. The van der Waals surface area contributed by atoms with Gasteiger partial charge in [0.2, 0.25) is 0 Å². The van der Waals surface area contributed by atoms with Crippen molar-refractivity contribution in [3.63, 3.8) is 0 Å². The largest absolute Gasteiger partial charge is 0.544 e. The summed E-state index contributed by atoms with van der Waals surface area (Å²) < 4.78 is 17.2. The summed E-state index contributed by atoms with van der Waals surface area (Å²) in [5.41, 5.74) is 0. The number of rotatable bonds is 46. The topological polar surface area (TPSA) is 102 Å². The molecule has 0 heterocycles. The van der Waals surface area contributed by atoms with Crippen LogP contribution in [0.15, 0.2) is 36.5 Å². The lowest BCUT2D eigenvalue weighted by Crippen LogP contribution is -2.55. The predicted molar refractivity (Wildman–Crippen MR) is 254 cm³/mol. The molecule has 0 aromatic rings. The minimum absolute atomic E-state index is 0.0363. The fourth-order valence-electron chi connectivity index (χ4n) is 7.62. The van der Waals surface area contributed by atoms with Crippen LogP contribution < -0.4 is 5.11 Å². The van der Waals surface area contributed by atoms with Crippen LogP contribution in [0.4, 0.5) is 0 Å². The second kappa shape index (κ2) is 44.2. The molecule has 0 saturated carbocycles. The van der Waals surface area contributed by atoms with E-state index in [0.29, 0.717) is 12.8 Å². The quantitative estimate of drug-likeness (QED) is 0.0260. The highest BCUT2D eigenvalue weighted by Gasteiger charge is 2.25. The van der Waals surface area contributed by atoms with Gasteiger partial charge in [-0.2, -0.15) is 0 Å². The molecule has 2 atom stereocenters. The fraction of sp³-hybridized carbons (Fsp3) is 0.830. The molecule has 61 heavy (non-hydrogen) atoms. The normalized spacial score (nSPS) is 13.1. The Morgan fingerprint density at radius 1 is 0.508 bits per heavy atom. The van der Waals surface area contributed by atoms with Gasteiger partial charge in [-0.05, 0) is 44.9 Å². The van der Waals surface area contributed by atoms with E-state index < -0.39 is 18.1 Å². The summed E-state index contributed by atoms with van der Waals surface area (Å²) in [5.74, 6) is -1.75. The highest BCUT2D eigenvalue weighted by atomic mass is 16.6. The number of carbonyl (C=O) groups is 3. The second-order valence-corrected chi connectivity index (χ2v) is 18.4. The van der Waals surface area contributed by atoms with Gasteiger partial charge in [0.05, 0.1) is 40.3 Å². The van der Waals surface area contributed by atoms with E-state index in [0.717, 1.165) is 70.6 Å². The van der Waals surface area contributed by atoms with Gasteiger partial charge in [-0.1, -0.05) is 204 Å². The van der Waals surface area contributed by atoms with Crippen LogP contribution in [-0.2, 0) is 28.6 Å². The number of quaternary nitrogens is 1. The first-order valence-corrected chi connectivity index (χ1v) is 25.5. The maximum absolute atomic E-state index is 12.8. The molecule has 0 aromatic heterocycles. The minimum atomic E-state index is -1.13. The summed E-state index contributed by atoms with van der Waals surface area (Å²) in [5, 5.41) is 11.7. The summed E-state index contributed by atoms with van der Waals surface area (Å²) in [4.78, 5) is 37.0. The number of hydrogen-bond donors (Lipinski definition) is 0. The number of likely N-dealkylation sites (N-methyl/N-ethyl adjacent to an activating group) is 1. The van der Waals surface area contributed by atoms with E-state index in [4.69, 9.17) is 14.2 Å². The zero-order valence-electron chi connectivity index (χ0n) is 40.6. The first-order valence-electron chi connectivity index (χ1n) is 25.5. The molecule has 8 heteroatoms. The van der Waals surface area contributed by atoms with Crippen molar-refractivity contribution >= 4 is 17.9 Å². The van der Waals surface area contributed by atoms with Crippen LogP contribution in [0.1, 0.15) is 232 Å². The van der Waals surface area contributed by atoms with Gasteiger partial charge in [-0.25, -0.2) is 0 Å². The maximum Gasteiger partial charge on any atom is 0.306 e. The fourth-order valence-corrected chi connectivity index (χ4v) is 7.62. The lowest BCUT2D eigenvalue weighted by Gasteiger charge is -2.34. The number of carboxylic acid groups (broad SMARTS) is 1. The van der Waals surface area contributed by atoms with Crippen molar-refractivity contribution in [2.24, 2.45) is 0 Å². The van der Waals surface area contributed by atoms with E-state index in [1.165, 1.54) is 128 Å². The Balaban J connectivity index is 4.19. The van der Waals surface area contributed by atoms with Crippen molar-refractivity contribution in [1.82, 2.24) is 0 Å². The number of esters is 2. The van der Waals surface area contributed by atoms with Crippen molar-refractivity contribution in [3.8, 4) is 0 Å². The Bertz CT molecular complexity index is 1090. The molecule has 0 rings (SSSR count). The van der Waals surface area contributed by atoms with Gasteiger partial charge in [0.25, 0.3) is 0 Å². The first kappa shape index (κ1) is 58.6. The monoisotopic (exact) mass is 860 g/mol. The van der Waals surface area contributed by atoms with Crippen LogP contribution in [0.5, 0.6) is 0 Å². The molecule has 0 amide bonds. The maximum atomic E-state index is 12.8. The molecule has 0 aromatic carbocycles. The molecule has 0 aliphatic rings. The highest BCUT2D eigenvalue weighted by molar-refractivity contribution is 5.70. The molecule has 0 aliphatic carbocycles. The van der Waals surface area contributed by atoms with E-state index in [2.05, 4.69) is 50.3 Å². The van der Waals surface area contributed by atoms with Crippen molar-refractivity contribution in [2.45, 2.75) is 244 Å². The molecule has 356 valence electrons. The summed E-state index contributed by atoms with van der Waals surface area (Å²) in [6.45, 7) is 4.56. The third kappa shape index (κ3) is 42.6. The zero-order valence-corrected chi connectivity index (χ0v) is 40.6. The van der Waals surface area contributed by atoms with Crippen LogP contribution in [0.3, 0.4) is 0 Å². The van der Waals surface area contributed by atoms with Crippen LogP contribution in [0, 0.1) is 0 Å². The lowest BCUT2D eigenvalue weighted by atomic mass is 10.0. The predicted octanol–water partition coefficient (Wildman–Crippen LogP) is 13.3. The summed E-state index contributed by atoms with van der Waals surface area (Å²) in [6, 6.07) is -0.728. The van der Waals surface area contributed by atoms with E-state index in [9.17, 15) is 19.5 Å². The average molecular weight is 860 g/mol. The molecule has 8 nitrogen and oxygen atoms in total. The number of carboxylic acids is 1. The Morgan fingerprint density at radius 2 is 0.918 bits per heavy atom. The smallest absolute Gasteiger partial charge is 0.306 e. The summed E-state index contributed by atoms with van der Waals surface area (Å²) in [6.07, 6.45) is 51.8. The molecule has 0 bridgehead atoms. The van der Waals surface area contributed by atoms with Crippen molar-refractivity contribution in [3.05, 3.63) is 36.5 Å². The Kier molecular flexibility index (Phi) is 42.4. The SMILES string of the molecule is CC/C=C/C/C=C/C/C=C/CCCCCCC(=O)OCC(COCCC(C(=O)[O-])[N+](C)(C)C)OC(=O)CCCCCCCCCCCCCCCCCCCCCCCCC. The number of allylic oxidation sites excluding steroid dienone is 6. The van der Waals surface area contributed by atoms with E-state index in [1.54, 1.807) is 21.1 Å². The van der Waals surface area contributed by atoms with Gasteiger partial charge in [-0.3, -0.25) is 9.59 Å². The van der Waals surface area contributed by atoms with Crippen LogP contribution in [0.2, 0.25) is 0 Å². The van der Waals surface area contributed by atoms with Crippen molar-refractivity contribution in [1.29, 1.82) is 0 Å². The lowest BCUT2D eigenvalue weighted by molar-refractivity contribution is -0.889. The molecular weight excluding hydrogens is 763 g/mol. The molecular formula is C53H97NO7. The first-order chi connectivity index (χ1) is 29.6. The van der Waals surface area contributed by atoms with Gasteiger partial charge in [0.1, 0.15) is 12.6 Å². The molecule has 0 spiro atoms. The van der Waals surface area contributed by atoms with E-state index in [-0.39, 0.29) is 42.7 Å². The third-order valence-corrected chi connectivity index (χ3v) is 11.5. The zero-order chi connectivity index (χ0) is 44.9. The number of unbranched alkanes of at least 4 members (excludes halogenated alkanes) is 26. The van der Waals surface area contributed by atoms with Gasteiger partial charge >= 0.3 is 11.9 Å². The molecule has 0 saturated heterocycles. The molecule has 2 unspecified atom stereocenters. The standard InChI is InChI=1S/C53H97NO7/c1-6-8-10-12-14-16-18-20-22-23-24-25-26-27-28-29-30-32-34-36-38-40-42-44-52(56)61-49(47-59-46-45-50(53(57)58)54(3,4)5)48-60-51(55)43-41-39-37-35-33-31-21-19-17-15-13-11-9-7-2/h9,11,15,17,21,31,49-50H,6-8,10,12-14,16,18-20,22-30,32-48H2,1-5H3/b11-9+,17-15+,31-21+. The Hall–Kier alpha value is -2.45.